The van der Waals surface area contributed by atoms with E-state index in [4.69, 9.17) is 28.3 Å². The lowest BCUT2D eigenvalue weighted by atomic mass is 10.3. The van der Waals surface area contributed by atoms with E-state index in [1.807, 2.05) is 0 Å². The fourth-order valence-electron chi connectivity index (χ4n) is 1.41. The Morgan fingerprint density at radius 2 is 2.11 bits per heavy atom. The predicted molar refractivity (Wildman–Crippen MR) is 71.8 cm³/mol. The van der Waals surface area contributed by atoms with Crippen LogP contribution in [0.5, 0.6) is 0 Å². The molecule has 102 valence electrons. The fourth-order valence-corrected chi connectivity index (χ4v) is 3.13. The van der Waals surface area contributed by atoms with Crippen molar-refractivity contribution in [1.82, 2.24) is 10.2 Å². The smallest absolute Gasteiger partial charge is 0.279 e. The van der Waals surface area contributed by atoms with E-state index in [2.05, 4.69) is 14.9 Å². The topological polar surface area (TPSA) is 95.1 Å². The van der Waals surface area contributed by atoms with Gasteiger partial charge in [-0.2, -0.15) is 13.5 Å². The average molecular weight is 322 g/mol. The van der Waals surface area contributed by atoms with Crippen molar-refractivity contribution in [3.8, 4) is 0 Å². The third-order valence-corrected chi connectivity index (χ3v) is 4.22. The van der Waals surface area contributed by atoms with Crippen molar-refractivity contribution in [3.63, 3.8) is 0 Å². The van der Waals surface area contributed by atoms with E-state index in [1.54, 1.807) is 0 Å². The summed E-state index contributed by atoms with van der Waals surface area (Å²) in [5.74, 6) is 0. The molecule has 3 N–H and O–H groups in total. The largest absolute Gasteiger partial charge is 0.392 e. The second kappa shape index (κ2) is 5.38. The van der Waals surface area contributed by atoms with E-state index in [9.17, 15) is 8.42 Å². The minimum atomic E-state index is -3.90. The number of hydrogen-bond acceptors (Lipinski definition) is 4. The maximum Gasteiger partial charge on any atom is 0.279 e. The highest BCUT2D eigenvalue weighted by Gasteiger charge is 2.21. The lowest BCUT2D eigenvalue weighted by Gasteiger charge is -2.09. The molecule has 0 radical (unpaired) electrons. The van der Waals surface area contributed by atoms with Gasteiger partial charge in [-0.05, 0) is 18.2 Å². The molecule has 0 spiro atoms. The van der Waals surface area contributed by atoms with Gasteiger partial charge in [0.05, 0.1) is 23.5 Å². The second-order valence-corrected chi connectivity index (χ2v) is 6.08. The second-order valence-electron chi connectivity index (χ2n) is 3.61. The number of nitrogens with one attached hydrogen (secondary N) is 2. The van der Waals surface area contributed by atoms with Crippen LogP contribution in [-0.2, 0) is 16.6 Å². The Hall–Kier alpha value is -1.28. The summed E-state index contributed by atoms with van der Waals surface area (Å²) in [6.07, 6.45) is 1.23. The van der Waals surface area contributed by atoms with Gasteiger partial charge in [-0.3, -0.25) is 9.82 Å². The summed E-state index contributed by atoms with van der Waals surface area (Å²) < 4.78 is 26.5. The molecule has 2 rings (SSSR count). The first-order valence-corrected chi connectivity index (χ1v) is 7.29. The maximum absolute atomic E-state index is 12.1. The Kier molecular flexibility index (Phi) is 4.00. The molecule has 0 aliphatic rings. The van der Waals surface area contributed by atoms with Crippen LogP contribution in [0.3, 0.4) is 0 Å². The average Bonchev–Trinajstić information content (AvgIpc) is 2.82. The molecule has 0 amide bonds. The third kappa shape index (κ3) is 3.01. The van der Waals surface area contributed by atoms with Gasteiger partial charge < -0.3 is 5.11 Å². The van der Waals surface area contributed by atoms with Crippen molar-refractivity contribution in [2.75, 3.05) is 4.72 Å². The minimum Gasteiger partial charge on any atom is -0.392 e. The lowest BCUT2D eigenvalue weighted by Crippen LogP contribution is -2.15. The highest BCUT2D eigenvalue weighted by Crippen LogP contribution is 2.27. The molecule has 0 saturated carbocycles. The standard InChI is InChI=1S/C10H9Cl2N3O3S/c11-7-1-2-9(8(12)3-7)15-19(17,18)10-6(5-16)4-13-14-10/h1-4,15-16H,5H2,(H,13,14). The molecule has 1 heterocycles. The number of aromatic nitrogens is 2. The molecule has 0 bridgehead atoms. The monoisotopic (exact) mass is 321 g/mol. The van der Waals surface area contributed by atoms with Gasteiger partial charge >= 0.3 is 0 Å². The van der Waals surface area contributed by atoms with Crippen LogP contribution >= 0.6 is 23.2 Å². The molecule has 0 saturated heterocycles. The lowest BCUT2D eigenvalue weighted by molar-refractivity contribution is 0.278. The van der Waals surface area contributed by atoms with Gasteiger partial charge in [-0.25, -0.2) is 0 Å². The molecule has 19 heavy (non-hydrogen) atoms. The van der Waals surface area contributed by atoms with Crippen molar-refractivity contribution < 1.29 is 13.5 Å². The number of halogens is 2. The van der Waals surface area contributed by atoms with Gasteiger partial charge in [0.25, 0.3) is 10.0 Å². The van der Waals surface area contributed by atoms with E-state index in [0.717, 1.165) is 0 Å². The SMILES string of the molecule is O=S(=O)(Nc1ccc(Cl)cc1Cl)c1[nH]ncc1CO. The van der Waals surface area contributed by atoms with Crippen molar-refractivity contribution >= 4 is 38.9 Å². The first-order chi connectivity index (χ1) is 8.94. The van der Waals surface area contributed by atoms with Crippen molar-refractivity contribution in [2.45, 2.75) is 11.6 Å². The first-order valence-electron chi connectivity index (χ1n) is 5.05. The van der Waals surface area contributed by atoms with E-state index in [0.29, 0.717) is 5.02 Å². The number of benzene rings is 1. The van der Waals surface area contributed by atoms with Gasteiger partial charge in [-0.1, -0.05) is 23.2 Å². The number of sulfonamides is 1. The van der Waals surface area contributed by atoms with Crippen molar-refractivity contribution in [2.24, 2.45) is 0 Å². The molecule has 2 aromatic rings. The number of rotatable bonds is 4. The van der Waals surface area contributed by atoms with E-state index in [-0.39, 0.29) is 21.3 Å². The van der Waals surface area contributed by atoms with Crippen LogP contribution in [-0.4, -0.2) is 23.7 Å². The van der Waals surface area contributed by atoms with Gasteiger partial charge in [-0.15, -0.1) is 0 Å². The highest BCUT2D eigenvalue weighted by molar-refractivity contribution is 7.92. The molecule has 0 unspecified atom stereocenters. The zero-order chi connectivity index (χ0) is 14.0. The summed E-state index contributed by atoms with van der Waals surface area (Å²) in [4.78, 5) is 0. The summed E-state index contributed by atoms with van der Waals surface area (Å²) in [5, 5.41) is 15.3. The molecule has 1 aromatic heterocycles. The Morgan fingerprint density at radius 1 is 1.37 bits per heavy atom. The molecular formula is C10H9Cl2N3O3S. The number of anilines is 1. The summed E-state index contributed by atoms with van der Waals surface area (Å²) >= 11 is 11.6. The van der Waals surface area contributed by atoms with Crippen LogP contribution in [0, 0.1) is 0 Å². The molecule has 0 aliphatic carbocycles. The molecule has 9 heteroatoms. The van der Waals surface area contributed by atoms with Gasteiger partial charge in [0.15, 0.2) is 5.03 Å². The summed E-state index contributed by atoms with van der Waals surface area (Å²) in [5.41, 5.74) is 0.349. The van der Waals surface area contributed by atoms with Crippen molar-refractivity contribution in [3.05, 3.63) is 40.0 Å². The van der Waals surface area contributed by atoms with Gasteiger partial charge in [0.1, 0.15) is 0 Å². The number of aliphatic hydroxyl groups is 1. The zero-order valence-electron chi connectivity index (χ0n) is 9.39. The van der Waals surface area contributed by atoms with E-state index >= 15 is 0 Å². The molecular weight excluding hydrogens is 313 g/mol. The van der Waals surface area contributed by atoms with Crippen LogP contribution in [0.4, 0.5) is 5.69 Å². The minimum absolute atomic E-state index is 0.164. The van der Waals surface area contributed by atoms with Gasteiger partial charge in [0.2, 0.25) is 0 Å². The number of aromatic amines is 1. The summed E-state index contributed by atoms with van der Waals surface area (Å²) in [6.45, 7) is -0.443. The normalized spacial score (nSPS) is 11.5. The third-order valence-electron chi connectivity index (χ3n) is 2.29. The molecule has 0 fully saturated rings. The van der Waals surface area contributed by atoms with Crippen LogP contribution < -0.4 is 4.72 Å². The van der Waals surface area contributed by atoms with Crippen LogP contribution in [0.15, 0.2) is 29.4 Å². The highest BCUT2D eigenvalue weighted by atomic mass is 35.5. The molecule has 1 aromatic carbocycles. The Balaban J connectivity index is 2.37. The number of nitrogens with zero attached hydrogens (tertiary/aromatic N) is 1. The Labute approximate surface area is 119 Å². The predicted octanol–water partition coefficient (Wildman–Crippen LogP) is 2.01. The van der Waals surface area contributed by atoms with Crippen LogP contribution in [0.25, 0.3) is 0 Å². The first kappa shape index (κ1) is 14.1. The van der Waals surface area contributed by atoms with Crippen molar-refractivity contribution in [1.29, 1.82) is 0 Å². The molecule has 0 atom stereocenters. The molecule has 6 nitrogen and oxygen atoms in total. The number of hydrogen-bond donors (Lipinski definition) is 3. The maximum atomic E-state index is 12.1. The zero-order valence-corrected chi connectivity index (χ0v) is 11.7. The summed E-state index contributed by atoms with van der Waals surface area (Å²) in [6, 6.07) is 4.36. The Morgan fingerprint density at radius 3 is 2.74 bits per heavy atom. The van der Waals surface area contributed by atoms with Crippen LogP contribution in [0.2, 0.25) is 10.0 Å². The summed E-state index contributed by atoms with van der Waals surface area (Å²) in [7, 11) is -3.90. The van der Waals surface area contributed by atoms with E-state index in [1.165, 1.54) is 24.4 Å². The number of aliphatic hydroxyl groups excluding tert-OH is 1. The van der Waals surface area contributed by atoms with Gasteiger partial charge in [0, 0.05) is 10.6 Å². The van der Waals surface area contributed by atoms with Crippen LogP contribution in [0.1, 0.15) is 5.56 Å². The fraction of sp³-hybridized carbons (Fsp3) is 0.100. The van der Waals surface area contributed by atoms with E-state index < -0.39 is 16.6 Å². The molecule has 0 aliphatic heterocycles. The quantitative estimate of drug-likeness (QED) is 0.802. The Bertz CT molecular complexity index is 700. The number of H-pyrrole nitrogens is 1.